The Labute approximate surface area is 157 Å². The molecule has 0 aromatic heterocycles. The smallest absolute Gasteiger partial charge is 0.344 e. The van der Waals surface area contributed by atoms with Gasteiger partial charge in [0.15, 0.2) is 6.61 Å². The van der Waals surface area contributed by atoms with Gasteiger partial charge in [0.2, 0.25) is 0 Å². The highest BCUT2D eigenvalue weighted by Gasteiger charge is 2.12. The van der Waals surface area contributed by atoms with E-state index >= 15 is 0 Å². The van der Waals surface area contributed by atoms with Crippen molar-refractivity contribution >= 4 is 17.8 Å². The second-order valence-electron chi connectivity index (χ2n) is 5.82. The van der Waals surface area contributed by atoms with Crippen LogP contribution in [0.3, 0.4) is 0 Å². The Balaban J connectivity index is 1.77. The average Bonchev–Trinajstić information content (AvgIpc) is 2.65. The molecule has 7 nitrogen and oxygen atoms in total. The van der Waals surface area contributed by atoms with Crippen molar-refractivity contribution in [2.45, 2.75) is 20.0 Å². The third-order valence-corrected chi connectivity index (χ3v) is 3.21. The van der Waals surface area contributed by atoms with E-state index in [1.165, 1.54) is 0 Å². The van der Waals surface area contributed by atoms with Gasteiger partial charge in [0.25, 0.3) is 5.91 Å². The predicted octanol–water partition coefficient (Wildman–Crippen LogP) is 2.70. The van der Waals surface area contributed by atoms with Gasteiger partial charge in [-0.15, -0.1) is 0 Å². The Kier molecular flexibility index (Phi) is 7.37. The number of hydrogen-bond acceptors (Lipinski definition) is 6. The maximum absolute atomic E-state index is 12.1. The predicted molar refractivity (Wildman–Crippen MR) is 97.5 cm³/mol. The van der Waals surface area contributed by atoms with Gasteiger partial charge in [-0.2, -0.15) is 0 Å². The molecule has 0 spiro atoms. The quantitative estimate of drug-likeness (QED) is 0.718. The summed E-state index contributed by atoms with van der Waals surface area (Å²) < 4.78 is 15.2. The molecule has 2 aromatic rings. The van der Waals surface area contributed by atoms with Crippen molar-refractivity contribution in [1.29, 1.82) is 0 Å². The highest BCUT2D eigenvalue weighted by atomic mass is 16.6. The van der Waals surface area contributed by atoms with Crippen LogP contribution in [0.4, 0.5) is 0 Å². The molecule has 1 N–H and O–H groups in total. The molecule has 1 amide bonds. The maximum Gasteiger partial charge on any atom is 0.344 e. The molecule has 0 saturated carbocycles. The van der Waals surface area contributed by atoms with E-state index in [4.69, 9.17) is 14.2 Å². The van der Waals surface area contributed by atoms with E-state index in [1.54, 1.807) is 38.1 Å². The second kappa shape index (κ2) is 9.96. The number of rotatable bonds is 8. The minimum absolute atomic E-state index is 0.287. The van der Waals surface area contributed by atoms with E-state index in [1.807, 2.05) is 30.3 Å². The van der Waals surface area contributed by atoms with Crippen LogP contribution in [0, 0.1) is 0 Å². The topological polar surface area (TPSA) is 90.9 Å². The highest BCUT2D eigenvalue weighted by Crippen LogP contribution is 2.21. The zero-order valence-corrected chi connectivity index (χ0v) is 15.1. The Hall–Kier alpha value is -3.35. The number of ether oxygens (including phenoxy) is 3. The van der Waals surface area contributed by atoms with Crippen LogP contribution in [-0.4, -0.2) is 37.1 Å². The van der Waals surface area contributed by atoms with Crippen LogP contribution in [-0.2, 0) is 19.1 Å². The molecule has 0 aliphatic heterocycles. The molecule has 0 atom stereocenters. The van der Waals surface area contributed by atoms with E-state index in [-0.39, 0.29) is 12.6 Å². The van der Waals surface area contributed by atoms with Crippen LogP contribution in [0.5, 0.6) is 11.5 Å². The molecule has 0 aliphatic rings. The molecule has 0 heterocycles. The summed E-state index contributed by atoms with van der Waals surface area (Å²) in [6, 6.07) is 15.7. The molecule has 0 bridgehead atoms. The molecule has 2 rings (SSSR count). The minimum atomic E-state index is -0.729. The van der Waals surface area contributed by atoms with Crippen LogP contribution in [0.1, 0.15) is 24.2 Å². The normalized spacial score (nSPS) is 10.2. The Bertz CT molecular complexity index is 771. The Morgan fingerprint density at radius 3 is 2.15 bits per heavy atom. The maximum atomic E-state index is 12.1. The zero-order valence-electron chi connectivity index (χ0n) is 15.1. The molecule has 2 aromatic carbocycles. The van der Waals surface area contributed by atoms with E-state index in [0.29, 0.717) is 17.1 Å². The van der Waals surface area contributed by atoms with Gasteiger partial charge in [0, 0.05) is 5.56 Å². The summed E-state index contributed by atoms with van der Waals surface area (Å²) >= 11 is 0. The summed E-state index contributed by atoms with van der Waals surface area (Å²) in [5.41, 5.74) is 0.363. The van der Waals surface area contributed by atoms with Crippen LogP contribution in [0.15, 0.2) is 54.6 Å². The van der Waals surface area contributed by atoms with E-state index in [9.17, 15) is 14.4 Å². The van der Waals surface area contributed by atoms with Gasteiger partial charge >= 0.3 is 11.9 Å². The molecule has 142 valence electrons. The highest BCUT2D eigenvalue weighted by molar-refractivity contribution is 5.96. The number of para-hydroxylation sites is 1. The Morgan fingerprint density at radius 1 is 0.889 bits per heavy atom. The first-order valence-electron chi connectivity index (χ1n) is 8.40. The average molecular weight is 371 g/mol. The number of carbonyl (C=O) groups excluding carboxylic acids is 3. The first kappa shape index (κ1) is 20.0. The van der Waals surface area contributed by atoms with Crippen molar-refractivity contribution in [2.75, 3.05) is 13.2 Å². The van der Waals surface area contributed by atoms with Crippen LogP contribution < -0.4 is 10.1 Å². The number of benzene rings is 2. The number of esters is 2. The van der Waals surface area contributed by atoms with E-state index in [0.717, 1.165) is 0 Å². The van der Waals surface area contributed by atoms with E-state index < -0.39 is 24.5 Å². The van der Waals surface area contributed by atoms with Crippen molar-refractivity contribution in [3.05, 3.63) is 60.2 Å². The number of carbonyl (C=O) groups is 3. The molecule has 27 heavy (non-hydrogen) atoms. The van der Waals surface area contributed by atoms with Crippen molar-refractivity contribution < 1.29 is 28.6 Å². The number of hydrogen-bond donors (Lipinski definition) is 1. The molecule has 0 saturated heterocycles. The second-order valence-corrected chi connectivity index (χ2v) is 5.82. The van der Waals surface area contributed by atoms with Crippen molar-refractivity contribution in [1.82, 2.24) is 5.32 Å². The van der Waals surface area contributed by atoms with Gasteiger partial charge in [-0.1, -0.05) is 18.2 Å². The Morgan fingerprint density at radius 2 is 1.52 bits per heavy atom. The summed E-state index contributed by atoms with van der Waals surface area (Å²) in [5, 5.41) is 2.43. The molecule has 0 radical (unpaired) electrons. The van der Waals surface area contributed by atoms with Crippen molar-refractivity contribution in [2.24, 2.45) is 0 Å². The van der Waals surface area contributed by atoms with Crippen LogP contribution >= 0.6 is 0 Å². The SMILES string of the molecule is CC(C)OC(=O)COC(=O)CNC(=O)c1ccc(Oc2ccccc2)cc1. The molecule has 0 fully saturated rings. The molecule has 7 heteroatoms. The minimum Gasteiger partial charge on any atom is -0.460 e. The lowest BCUT2D eigenvalue weighted by Crippen LogP contribution is -2.31. The summed E-state index contributed by atoms with van der Waals surface area (Å²) in [5.74, 6) is -0.538. The van der Waals surface area contributed by atoms with E-state index in [2.05, 4.69) is 5.32 Å². The summed E-state index contributed by atoms with van der Waals surface area (Å²) in [4.78, 5) is 34.9. The van der Waals surface area contributed by atoms with Crippen molar-refractivity contribution in [3.8, 4) is 11.5 Å². The van der Waals surface area contributed by atoms with Crippen molar-refractivity contribution in [3.63, 3.8) is 0 Å². The van der Waals surface area contributed by atoms with Crippen LogP contribution in [0.25, 0.3) is 0 Å². The lowest BCUT2D eigenvalue weighted by molar-refractivity contribution is -0.160. The third kappa shape index (κ3) is 7.19. The fourth-order valence-corrected chi connectivity index (χ4v) is 2.04. The molecule has 0 unspecified atom stereocenters. The fraction of sp³-hybridized carbons (Fsp3) is 0.250. The zero-order chi connectivity index (χ0) is 19.6. The van der Waals surface area contributed by atoms with Gasteiger partial charge in [-0.3, -0.25) is 9.59 Å². The summed E-state index contributed by atoms with van der Waals surface area (Å²) in [6.45, 7) is 2.54. The van der Waals surface area contributed by atoms with Gasteiger partial charge in [-0.25, -0.2) is 4.79 Å². The standard InChI is InChI=1S/C20H21NO6/c1-14(2)26-19(23)13-25-18(22)12-21-20(24)15-8-10-17(11-9-15)27-16-6-4-3-5-7-16/h3-11,14H,12-13H2,1-2H3,(H,21,24). The monoisotopic (exact) mass is 371 g/mol. The summed E-state index contributed by atoms with van der Waals surface area (Å²) in [7, 11) is 0. The number of amides is 1. The van der Waals surface area contributed by atoms with Gasteiger partial charge < -0.3 is 19.5 Å². The first-order valence-corrected chi connectivity index (χ1v) is 8.40. The van der Waals surface area contributed by atoms with Gasteiger partial charge in [0.05, 0.1) is 6.10 Å². The molecule has 0 aliphatic carbocycles. The molecular formula is C20H21NO6. The fourth-order valence-electron chi connectivity index (χ4n) is 2.04. The molecular weight excluding hydrogens is 350 g/mol. The lowest BCUT2D eigenvalue weighted by Gasteiger charge is -2.09. The third-order valence-electron chi connectivity index (χ3n) is 3.21. The first-order chi connectivity index (χ1) is 12.9. The largest absolute Gasteiger partial charge is 0.460 e. The van der Waals surface area contributed by atoms with Gasteiger partial charge in [0.1, 0.15) is 18.0 Å². The number of nitrogens with one attached hydrogen (secondary N) is 1. The van der Waals surface area contributed by atoms with Crippen LogP contribution in [0.2, 0.25) is 0 Å². The van der Waals surface area contributed by atoms with Gasteiger partial charge in [-0.05, 0) is 50.2 Å². The summed E-state index contributed by atoms with van der Waals surface area (Å²) in [6.07, 6.45) is -0.287. The lowest BCUT2D eigenvalue weighted by atomic mass is 10.2.